The molecule has 28 heavy (non-hydrogen) atoms. The summed E-state index contributed by atoms with van der Waals surface area (Å²) >= 11 is 0. The Labute approximate surface area is 162 Å². The summed E-state index contributed by atoms with van der Waals surface area (Å²) < 4.78 is 24.6. The van der Waals surface area contributed by atoms with Crippen LogP contribution in [-0.4, -0.2) is 56.0 Å². The third-order valence-corrected chi connectivity index (χ3v) is 5.85. The molecule has 1 amide bonds. The van der Waals surface area contributed by atoms with E-state index in [9.17, 15) is 23.3 Å². The molecule has 0 radical (unpaired) electrons. The standard InChI is InChI=1S/C18H20N4O5S/c1-28(26,27)21-12-10-20(11-13-21)15-8-6-14(7-9-15)19-18(23)16-4-2-3-5-17(16)22(24)25/h2-9H,10-13H2,1H3,(H,19,23). The van der Waals surface area contributed by atoms with Gasteiger partial charge in [0, 0.05) is 43.6 Å². The first-order valence-corrected chi connectivity index (χ1v) is 10.5. The maximum absolute atomic E-state index is 12.4. The number of rotatable bonds is 5. The topological polar surface area (TPSA) is 113 Å². The van der Waals surface area contributed by atoms with Gasteiger partial charge in [0.25, 0.3) is 11.6 Å². The van der Waals surface area contributed by atoms with Crippen LogP contribution in [0, 0.1) is 10.1 Å². The summed E-state index contributed by atoms with van der Waals surface area (Å²) in [5, 5.41) is 13.7. The van der Waals surface area contributed by atoms with E-state index in [0.717, 1.165) is 5.69 Å². The van der Waals surface area contributed by atoms with Crippen molar-refractivity contribution in [2.45, 2.75) is 0 Å². The molecule has 0 saturated carbocycles. The largest absolute Gasteiger partial charge is 0.369 e. The first-order valence-electron chi connectivity index (χ1n) is 8.60. The minimum Gasteiger partial charge on any atom is -0.369 e. The summed E-state index contributed by atoms with van der Waals surface area (Å²) in [6.07, 6.45) is 1.21. The van der Waals surface area contributed by atoms with Gasteiger partial charge in [-0.05, 0) is 30.3 Å². The lowest BCUT2D eigenvalue weighted by molar-refractivity contribution is -0.385. The normalized spacial score (nSPS) is 15.2. The Balaban J connectivity index is 1.66. The molecule has 9 nitrogen and oxygen atoms in total. The van der Waals surface area contributed by atoms with Crippen molar-refractivity contribution < 1.29 is 18.1 Å². The van der Waals surface area contributed by atoms with Crippen LogP contribution in [0.4, 0.5) is 17.1 Å². The van der Waals surface area contributed by atoms with Crippen molar-refractivity contribution in [2.75, 3.05) is 42.7 Å². The summed E-state index contributed by atoms with van der Waals surface area (Å²) in [6.45, 7) is 2.01. The summed E-state index contributed by atoms with van der Waals surface area (Å²) in [5.74, 6) is -0.554. The molecule has 0 aliphatic carbocycles. The Bertz CT molecular complexity index is 983. The number of benzene rings is 2. The highest BCUT2D eigenvalue weighted by molar-refractivity contribution is 7.88. The van der Waals surface area contributed by atoms with Gasteiger partial charge in [-0.15, -0.1) is 0 Å². The van der Waals surface area contributed by atoms with Crippen LogP contribution >= 0.6 is 0 Å². The van der Waals surface area contributed by atoms with Gasteiger partial charge in [-0.25, -0.2) is 8.42 Å². The average Bonchev–Trinajstić information content (AvgIpc) is 2.68. The second-order valence-electron chi connectivity index (χ2n) is 6.42. The maximum Gasteiger partial charge on any atom is 0.282 e. The molecule has 1 N–H and O–H groups in total. The summed E-state index contributed by atoms with van der Waals surface area (Å²) in [5.41, 5.74) is 1.17. The Morgan fingerprint density at radius 1 is 1.04 bits per heavy atom. The number of carbonyl (C=O) groups excluding carboxylic acids is 1. The molecule has 0 atom stereocenters. The molecule has 148 valence electrons. The van der Waals surface area contributed by atoms with E-state index in [1.54, 1.807) is 18.2 Å². The second-order valence-corrected chi connectivity index (χ2v) is 8.41. The van der Waals surface area contributed by atoms with Gasteiger partial charge >= 0.3 is 0 Å². The van der Waals surface area contributed by atoms with Gasteiger partial charge in [0.1, 0.15) is 5.56 Å². The van der Waals surface area contributed by atoms with E-state index in [2.05, 4.69) is 10.2 Å². The Morgan fingerprint density at radius 3 is 2.21 bits per heavy atom. The van der Waals surface area contributed by atoms with Crippen LogP contribution in [0.1, 0.15) is 10.4 Å². The predicted molar refractivity (Wildman–Crippen MR) is 106 cm³/mol. The van der Waals surface area contributed by atoms with Gasteiger partial charge < -0.3 is 10.2 Å². The van der Waals surface area contributed by atoms with E-state index in [0.29, 0.717) is 31.9 Å². The van der Waals surface area contributed by atoms with E-state index in [1.807, 2.05) is 12.1 Å². The molecule has 2 aromatic carbocycles. The number of nitro benzene ring substituents is 1. The lowest BCUT2D eigenvalue weighted by Gasteiger charge is -2.34. The molecule has 0 bridgehead atoms. The Kier molecular flexibility index (Phi) is 5.61. The van der Waals surface area contributed by atoms with Crippen molar-refractivity contribution in [1.29, 1.82) is 0 Å². The van der Waals surface area contributed by atoms with Gasteiger partial charge in [0.15, 0.2) is 0 Å². The molecule has 1 aliphatic heterocycles. The quantitative estimate of drug-likeness (QED) is 0.602. The molecular weight excluding hydrogens is 384 g/mol. The number of piperazine rings is 1. The molecule has 10 heteroatoms. The fraction of sp³-hybridized carbons (Fsp3) is 0.278. The smallest absolute Gasteiger partial charge is 0.282 e. The zero-order valence-electron chi connectivity index (χ0n) is 15.2. The van der Waals surface area contributed by atoms with Crippen molar-refractivity contribution in [3.63, 3.8) is 0 Å². The minimum atomic E-state index is -3.18. The van der Waals surface area contributed by atoms with Gasteiger partial charge in [-0.2, -0.15) is 4.31 Å². The van der Waals surface area contributed by atoms with E-state index >= 15 is 0 Å². The fourth-order valence-corrected chi connectivity index (χ4v) is 3.88. The third kappa shape index (κ3) is 4.46. The SMILES string of the molecule is CS(=O)(=O)N1CCN(c2ccc(NC(=O)c3ccccc3[N+](=O)[O-])cc2)CC1. The highest BCUT2D eigenvalue weighted by Crippen LogP contribution is 2.22. The number of nitrogens with zero attached hydrogens (tertiary/aromatic N) is 3. The molecule has 0 spiro atoms. The molecule has 0 aromatic heterocycles. The molecule has 1 heterocycles. The maximum atomic E-state index is 12.4. The van der Waals surface area contributed by atoms with Crippen molar-refractivity contribution in [1.82, 2.24) is 4.31 Å². The molecule has 2 aromatic rings. The number of sulfonamides is 1. The number of nitro groups is 1. The molecular formula is C18H20N4O5S. The van der Waals surface area contributed by atoms with Gasteiger partial charge in [-0.1, -0.05) is 12.1 Å². The summed E-state index contributed by atoms with van der Waals surface area (Å²) in [7, 11) is -3.18. The molecule has 1 fully saturated rings. The zero-order chi connectivity index (χ0) is 20.3. The van der Waals surface area contributed by atoms with Crippen LogP contribution in [0.3, 0.4) is 0 Å². The molecule has 1 saturated heterocycles. The van der Waals surface area contributed by atoms with Crippen molar-refractivity contribution >= 4 is 33.0 Å². The molecule has 0 unspecified atom stereocenters. The van der Waals surface area contributed by atoms with Crippen molar-refractivity contribution in [3.8, 4) is 0 Å². The van der Waals surface area contributed by atoms with Gasteiger partial charge in [-0.3, -0.25) is 14.9 Å². The van der Waals surface area contributed by atoms with Gasteiger partial charge in [0.2, 0.25) is 10.0 Å². The monoisotopic (exact) mass is 404 g/mol. The predicted octanol–water partition coefficient (Wildman–Crippen LogP) is 1.93. The molecule has 1 aliphatic rings. The number of hydrogen-bond acceptors (Lipinski definition) is 6. The summed E-state index contributed by atoms with van der Waals surface area (Å²) in [6, 6.07) is 12.8. The highest BCUT2D eigenvalue weighted by Gasteiger charge is 2.23. The van der Waals surface area contributed by atoms with E-state index in [1.165, 1.54) is 28.8 Å². The summed E-state index contributed by atoms with van der Waals surface area (Å²) in [4.78, 5) is 24.9. The number of hydrogen-bond donors (Lipinski definition) is 1. The first-order chi connectivity index (χ1) is 13.3. The van der Waals surface area contributed by atoms with Crippen LogP contribution in [-0.2, 0) is 10.0 Å². The fourth-order valence-electron chi connectivity index (χ4n) is 3.06. The lowest BCUT2D eigenvalue weighted by atomic mass is 10.1. The minimum absolute atomic E-state index is 0.00604. The van der Waals surface area contributed by atoms with E-state index < -0.39 is 20.9 Å². The second kappa shape index (κ2) is 7.95. The average molecular weight is 404 g/mol. The van der Waals surface area contributed by atoms with Crippen molar-refractivity contribution in [2.24, 2.45) is 0 Å². The number of para-hydroxylation sites is 1. The number of anilines is 2. The van der Waals surface area contributed by atoms with Crippen LogP contribution in [0.2, 0.25) is 0 Å². The number of carbonyl (C=O) groups is 1. The van der Waals surface area contributed by atoms with Crippen LogP contribution in [0.15, 0.2) is 48.5 Å². The number of amides is 1. The van der Waals surface area contributed by atoms with Crippen LogP contribution in [0.25, 0.3) is 0 Å². The Morgan fingerprint density at radius 2 is 1.64 bits per heavy atom. The van der Waals surface area contributed by atoms with E-state index in [-0.39, 0.29) is 11.3 Å². The van der Waals surface area contributed by atoms with Crippen LogP contribution in [0.5, 0.6) is 0 Å². The highest BCUT2D eigenvalue weighted by atomic mass is 32.2. The van der Waals surface area contributed by atoms with Crippen LogP contribution < -0.4 is 10.2 Å². The number of nitrogens with one attached hydrogen (secondary N) is 1. The van der Waals surface area contributed by atoms with Crippen molar-refractivity contribution in [3.05, 3.63) is 64.2 Å². The third-order valence-electron chi connectivity index (χ3n) is 4.54. The first kappa shape index (κ1) is 19.8. The van der Waals surface area contributed by atoms with Gasteiger partial charge in [0.05, 0.1) is 11.2 Å². The molecule has 3 rings (SSSR count). The zero-order valence-corrected chi connectivity index (χ0v) is 16.1. The lowest BCUT2D eigenvalue weighted by Crippen LogP contribution is -2.48. The Hall–Kier alpha value is -2.98. The van der Waals surface area contributed by atoms with E-state index in [4.69, 9.17) is 0 Å².